The summed E-state index contributed by atoms with van der Waals surface area (Å²) in [4.78, 5) is 25.8. The second-order valence-electron chi connectivity index (χ2n) is 7.83. The van der Waals surface area contributed by atoms with Gasteiger partial charge in [-0.05, 0) is 29.9 Å². The monoisotopic (exact) mass is 380 g/mol. The molecule has 1 fully saturated rings. The number of cyclic esters (lactones) is 1. The van der Waals surface area contributed by atoms with Crippen LogP contribution in [0.5, 0.6) is 0 Å². The Bertz CT molecular complexity index is 810. The minimum atomic E-state index is -1.25. The van der Waals surface area contributed by atoms with Crippen molar-refractivity contribution in [3.8, 4) is 0 Å². The van der Waals surface area contributed by atoms with Crippen LogP contribution < -0.4 is 0 Å². The molecule has 0 radical (unpaired) electrons. The highest BCUT2D eigenvalue weighted by Gasteiger charge is 2.56. The predicted molar refractivity (Wildman–Crippen MR) is 108 cm³/mol. The summed E-state index contributed by atoms with van der Waals surface area (Å²) in [5.41, 5.74) is 1.60. The number of carbonyl (C=O) groups is 2. The maximum absolute atomic E-state index is 13.2. The molecular weight excluding hydrogens is 352 g/mol. The predicted octanol–water partition coefficient (Wildman–Crippen LogP) is 4.59. The summed E-state index contributed by atoms with van der Waals surface area (Å²) in [6.45, 7) is 6.52. The summed E-state index contributed by atoms with van der Waals surface area (Å²) in [6.07, 6.45) is 0.962. The Hall–Kier alpha value is -2.46. The number of rotatable bonds is 8. The standard InChI is InChI=1S/C24H28O4/c1-4-14-24(20-12-10-18(11-13-20)15-17(2)3)22(25)21(23(26)28-24)27-16-19-8-6-5-7-9-19/h5-13,17,21H,4,14-16H2,1-3H3. The minimum Gasteiger partial charge on any atom is -0.444 e. The van der Waals surface area contributed by atoms with Crippen molar-refractivity contribution in [1.29, 1.82) is 0 Å². The summed E-state index contributed by atoms with van der Waals surface area (Å²) >= 11 is 0. The van der Waals surface area contributed by atoms with E-state index in [0.717, 1.165) is 24.0 Å². The third-order valence-corrected chi connectivity index (χ3v) is 5.05. The zero-order chi connectivity index (χ0) is 20.1. The number of hydrogen-bond donors (Lipinski definition) is 0. The molecule has 28 heavy (non-hydrogen) atoms. The zero-order valence-electron chi connectivity index (χ0n) is 16.8. The van der Waals surface area contributed by atoms with Gasteiger partial charge in [0.2, 0.25) is 11.9 Å². The molecule has 0 bridgehead atoms. The van der Waals surface area contributed by atoms with Gasteiger partial charge in [-0.25, -0.2) is 4.79 Å². The molecule has 148 valence electrons. The lowest BCUT2D eigenvalue weighted by molar-refractivity contribution is -0.157. The van der Waals surface area contributed by atoms with Crippen molar-refractivity contribution < 1.29 is 19.1 Å². The topological polar surface area (TPSA) is 52.6 Å². The Balaban J connectivity index is 1.82. The average Bonchev–Trinajstić information content (AvgIpc) is 2.92. The van der Waals surface area contributed by atoms with Gasteiger partial charge in [0.15, 0.2) is 5.60 Å². The lowest BCUT2D eigenvalue weighted by atomic mass is 9.84. The molecule has 3 rings (SSSR count). The molecule has 2 aromatic carbocycles. The van der Waals surface area contributed by atoms with E-state index in [0.29, 0.717) is 12.3 Å². The van der Waals surface area contributed by atoms with Gasteiger partial charge in [0, 0.05) is 5.56 Å². The van der Waals surface area contributed by atoms with Crippen LogP contribution in [-0.4, -0.2) is 17.9 Å². The van der Waals surface area contributed by atoms with Crippen molar-refractivity contribution in [2.45, 2.75) is 58.3 Å². The minimum absolute atomic E-state index is 0.196. The highest BCUT2D eigenvalue weighted by Crippen LogP contribution is 2.39. The van der Waals surface area contributed by atoms with Crippen molar-refractivity contribution in [2.24, 2.45) is 5.92 Å². The van der Waals surface area contributed by atoms with Crippen LogP contribution in [0.15, 0.2) is 54.6 Å². The van der Waals surface area contributed by atoms with Crippen LogP contribution in [0.2, 0.25) is 0 Å². The molecule has 0 aliphatic carbocycles. The Morgan fingerprint density at radius 3 is 2.29 bits per heavy atom. The molecule has 4 heteroatoms. The first-order chi connectivity index (χ1) is 13.5. The quantitative estimate of drug-likeness (QED) is 0.496. The van der Waals surface area contributed by atoms with Crippen LogP contribution in [-0.2, 0) is 37.7 Å². The maximum Gasteiger partial charge on any atom is 0.344 e. The normalized spacial score (nSPS) is 21.9. The van der Waals surface area contributed by atoms with Gasteiger partial charge >= 0.3 is 5.97 Å². The number of ketones is 1. The van der Waals surface area contributed by atoms with E-state index < -0.39 is 17.7 Å². The third-order valence-electron chi connectivity index (χ3n) is 5.05. The summed E-state index contributed by atoms with van der Waals surface area (Å²) in [5, 5.41) is 0. The first-order valence-electron chi connectivity index (χ1n) is 9.98. The smallest absolute Gasteiger partial charge is 0.344 e. The average molecular weight is 380 g/mol. The molecule has 0 amide bonds. The zero-order valence-corrected chi connectivity index (χ0v) is 16.8. The van der Waals surface area contributed by atoms with Crippen molar-refractivity contribution in [3.05, 3.63) is 71.3 Å². The van der Waals surface area contributed by atoms with Gasteiger partial charge in [0.1, 0.15) is 0 Å². The first-order valence-corrected chi connectivity index (χ1v) is 9.98. The molecule has 1 saturated heterocycles. The second-order valence-corrected chi connectivity index (χ2v) is 7.83. The number of benzene rings is 2. The van der Waals surface area contributed by atoms with E-state index in [9.17, 15) is 9.59 Å². The van der Waals surface area contributed by atoms with Gasteiger partial charge in [-0.3, -0.25) is 4.79 Å². The lowest BCUT2D eigenvalue weighted by Gasteiger charge is -2.26. The van der Waals surface area contributed by atoms with E-state index in [-0.39, 0.29) is 12.4 Å². The number of Topliss-reactive ketones (excluding diaryl/α,β-unsaturated/α-hetero) is 1. The SMILES string of the molecule is CCCC1(c2ccc(CC(C)C)cc2)OC(=O)C(OCc2ccccc2)C1=O. The molecule has 1 aliphatic rings. The van der Waals surface area contributed by atoms with E-state index in [2.05, 4.69) is 13.8 Å². The van der Waals surface area contributed by atoms with E-state index in [1.165, 1.54) is 5.56 Å². The van der Waals surface area contributed by atoms with Crippen LogP contribution in [0, 0.1) is 5.92 Å². The summed E-state index contributed by atoms with van der Waals surface area (Å²) < 4.78 is 11.4. The van der Waals surface area contributed by atoms with Gasteiger partial charge in [-0.1, -0.05) is 81.8 Å². The summed E-state index contributed by atoms with van der Waals surface area (Å²) in [5.74, 6) is -0.343. The maximum atomic E-state index is 13.2. The van der Waals surface area contributed by atoms with Crippen molar-refractivity contribution >= 4 is 11.8 Å². The highest BCUT2D eigenvalue weighted by atomic mass is 16.6. The fraction of sp³-hybridized carbons (Fsp3) is 0.417. The molecule has 0 saturated carbocycles. The Labute approximate surface area is 166 Å². The fourth-order valence-corrected chi connectivity index (χ4v) is 3.75. The molecule has 1 aliphatic heterocycles. The largest absolute Gasteiger partial charge is 0.444 e. The van der Waals surface area contributed by atoms with Crippen molar-refractivity contribution in [3.63, 3.8) is 0 Å². The van der Waals surface area contributed by atoms with E-state index >= 15 is 0 Å². The molecule has 0 aromatic heterocycles. The van der Waals surface area contributed by atoms with Crippen molar-refractivity contribution in [1.82, 2.24) is 0 Å². The van der Waals surface area contributed by atoms with Crippen LogP contribution in [0.1, 0.15) is 50.3 Å². The molecule has 4 nitrogen and oxygen atoms in total. The molecule has 0 spiro atoms. The Morgan fingerprint density at radius 2 is 1.68 bits per heavy atom. The van der Waals surface area contributed by atoms with Crippen LogP contribution >= 0.6 is 0 Å². The summed E-state index contributed by atoms with van der Waals surface area (Å²) in [7, 11) is 0. The van der Waals surface area contributed by atoms with E-state index in [1.807, 2.05) is 61.5 Å². The van der Waals surface area contributed by atoms with Crippen molar-refractivity contribution in [2.75, 3.05) is 0 Å². The van der Waals surface area contributed by atoms with Crippen LogP contribution in [0.25, 0.3) is 0 Å². The molecule has 2 atom stereocenters. The summed E-state index contributed by atoms with van der Waals surface area (Å²) in [6, 6.07) is 17.4. The Morgan fingerprint density at radius 1 is 1.00 bits per heavy atom. The number of carbonyl (C=O) groups excluding carboxylic acids is 2. The molecular formula is C24H28O4. The highest BCUT2D eigenvalue weighted by molar-refractivity contribution is 6.12. The first kappa shape index (κ1) is 20.3. The van der Waals surface area contributed by atoms with Gasteiger partial charge in [-0.2, -0.15) is 0 Å². The fourth-order valence-electron chi connectivity index (χ4n) is 3.75. The Kier molecular flexibility index (Phi) is 6.30. The van der Waals surface area contributed by atoms with Crippen LogP contribution in [0.3, 0.4) is 0 Å². The molecule has 2 unspecified atom stereocenters. The number of esters is 1. The van der Waals surface area contributed by atoms with Crippen LogP contribution in [0.4, 0.5) is 0 Å². The van der Waals surface area contributed by atoms with Gasteiger partial charge < -0.3 is 9.47 Å². The lowest BCUT2D eigenvalue weighted by Crippen LogP contribution is -2.37. The third kappa shape index (κ3) is 4.17. The number of ether oxygens (including phenoxy) is 2. The van der Waals surface area contributed by atoms with E-state index in [4.69, 9.17) is 9.47 Å². The second kappa shape index (κ2) is 8.70. The van der Waals surface area contributed by atoms with E-state index in [1.54, 1.807) is 0 Å². The van der Waals surface area contributed by atoms with Gasteiger partial charge in [-0.15, -0.1) is 0 Å². The van der Waals surface area contributed by atoms with Gasteiger partial charge in [0.25, 0.3) is 0 Å². The van der Waals surface area contributed by atoms with Gasteiger partial charge in [0.05, 0.1) is 6.61 Å². The molecule has 0 N–H and O–H groups in total. The molecule has 2 aromatic rings. The molecule has 1 heterocycles. The number of hydrogen-bond acceptors (Lipinski definition) is 4.